The molecule has 1 aromatic rings. The summed E-state index contributed by atoms with van der Waals surface area (Å²) < 4.78 is 39.6. The van der Waals surface area contributed by atoms with Crippen LogP contribution in [0.2, 0.25) is 0 Å². The zero-order valence-electron chi connectivity index (χ0n) is 10.5. The van der Waals surface area contributed by atoms with Crippen LogP contribution in [-0.2, 0) is 4.79 Å². The van der Waals surface area contributed by atoms with E-state index in [1.54, 1.807) is 4.90 Å². The van der Waals surface area contributed by atoms with Crippen LogP contribution in [0.3, 0.4) is 0 Å². The summed E-state index contributed by atoms with van der Waals surface area (Å²) in [6.45, 7) is 2.62. The number of hydrogen-bond acceptors (Lipinski definition) is 2. The first kappa shape index (κ1) is 13.7. The van der Waals surface area contributed by atoms with E-state index in [1.165, 1.54) is 6.92 Å². The lowest BCUT2D eigenvalue weighted by atomic mass is 10.0. The summed E-state index contributed by atoms with van der Waals surface area (Å²) >= 11 is 0. The minimum absolute atomic E-state index is 0.00132. The van der Waals surface area contributed by atoms with Gasteiger partial charge in [0.1, 0.15) is 5.82 Å². The van der Waals surface area contributed by atoms with Crippen LogP contribution < -0.4 is 5.32 Å². The van der Waals surface area contributed by atoms with E-state index in [0.717, 1.165) is 6.07 Å². The first-order valence-electron chi connectivity index (χ1n) is 6.14. The second kappa shape index (κ2) is 5.50. The first-order chi connectivity index (χ1) is 8.97. The molecule has 0 atom stereocenters. The number of likely N-dealkylation sites (tertiary alicyclic amines) is 1. The van der Waals surface area contributed by atoms with Gasteiger partial charge in [-0.05, 0) is 12.8 Å². The van der Waals surface area contributed by atoms with Crippen LogP contribution in [0.15, 0.2) is 12.1 Å². The number of amides is 1. The van der Waals surface area contributed by atoms with Gasteiger partial charge < -0.3 is 10.2 Å². The number of nitrogens with one attached hydrogen (secondary N) is 1. The number of nitrogens with zero attached hydrogens (tertiary/aromatic N) is 1. The van der Waals surface area contributed by atoms with Crippen molar-refractivity contribution in [2.45, 2.75) is 25.8 Å². The maximum atomic E-state index is 13.5. The molecule has 0 aromatic heterocycles. The van der Waals surface area contributed by atoms with Crippen LogP contribution in [0.1, 0.15) is 19.8 Å². The van der Waals surface area contributed by atoms with Crippen molar-refractivity contribution >= 4 is 11.6 Å². The van der Waals surface area contributed by atoms with Crippen molar-refractivity contribution in [2.75, 3.05) is 18.4 Å². The third kappa shape index (κ3) is 3.19. The Labute approximate surface area is 109 Å². The van der Waals surface area contributed by atoms with E-state index in [4.69, 9.17) is 0 Å². The van der Waals surface area contributed by atoms with Gasteiger partial charge in [0, 0.05) is 38.2 Å². The van der Waals surface area contributed by atoms with E-state index in [-0.39, 0.29) is 17.6 Å². The van der Waals surface area contributed by atoms with Crippen LogP contribution in [0, 0.1) is 17.5 Å². The normalized spacial score (nSPS) is 16.5. The van der Waals surface area contributed by atoms with Crippen molar-refractivity contribution in [1.29, 1.82) is 0 Å². The minimum atomic E-state index is -1.20. The zero-order valence-corrected chi connectivity index (χ0v) is 10.5. The van der Waals surface area contributed by atoms with Crippen molar-refractivity contribution in [1.82, 2.24) is 4.90 Å². The molecule has 0 spiro atoms. The average Bonchev–Trinajstić information content (AvgIpc) is 2.36. The van der Waals surface area contributed by atoms with E-state index >= 15 is 0 Å². The SMILES string of the molecule is CC(=O)N1CCC(Nc2cc(F)cc(F)c2F)CC1. The minimum Gasteiger partial charge on any atom is -0.380 e. The highest BCUT2D eigenvalue weighted by atomic mass is 19.2. The molecular formula is C13H15F3N2O. The zero-order chi connectivity index (χ0) is 14.0. The second-order valence-electron chi connectivity index (χ2n) is 4.67. The predicted molar refractivity (Wildman–Crippen MR) is 65.2 cm³/mol. The summed E-state index contributed by atoms with van der Waals surface area (Å²) in [6, 6.07) is 1.36. The third-order valence-corrected chi connectivity index (χ3v) is 3.29. The van der Waals surface area contributed by atoms with Crippen molar-refractivity contribution < 1.29 is 18.0 Å². The number of piperidine rings is 1. The van der Waals surface area contributed by atoms with Crippen LogP contribution in [0.4, 0.5) is 18.9 Å². The van der Waals surface area contributed by atoms with E-state index < -0.39 is 17.5 Å². The van der Waals surface area contributed by atoms with Crippen molar-refractivity contribution in [3.8, 4) is 0 Å². The lowest BCUT2D eigenvalue weighted by Crippen LogP contribution is -2.41. The van der Waals surface area contributed by atoms with Gasteiger partial charge in [0.25, 0.3) is 0 Å². The molecule has 1 fully saturated rings. The number of benzene rings is 1. The van der Waals surface area contributed by atoms with E-state index in [2.05, 4.69) is 5.32 Å². The summed E-state index contributed by atoms with van der Waals surface area (Å²) in [7, 11) is 0. The third-order valence-electron chi connectivity index (χ3n) is 3.29. The van der Waals surface area contributed by atoms with Gasteiger partial charge in [-0.15, -0.1) is 0 Å². The Balaban J connectivity index is 2.01. The number of halogens is 3. The molecule has 0 unspecified atom stereocenters. The Morgan fingerprint density at radius 1 is 1.26 bits per heavy atom. The highest BCUT2D eigenvalue weighted by molar-refractivity contribution is 5.73. The molecule has 104 valence electrons. The maximum absolute atomic E-state index is 13.5. The van der Waals surface area contributed by atoms with E-state index in [9.17, 15) is 18.0 Å². The summed E-state index contributed by atoms with van der Waals surface area (Å²) in [5, 5.41) is 2.80. The Kier molecular flexibility index (Phi) is 3.97. The van der Waals surface area contributed by atoms with Gasteiger partial charge in [0.2, 0.25) is 5.91 Å². The second-order valence-corrected chi connectivity index (χ2v) is 4.67. The predicted octanol–water partition coefficient (Wildman–Crippen LogP) is 2.53. The molecule has 0 aliphatic carbocycles. The molecule has 2 rings (SSSR count). The lowest BCUT2D eigenvalue weighted by Gasteiger charge is -2.32. The molecule has 6 heteroatoms. The summed E-state index contributed by atoms with van der Waals surface area (Å²) in [5.74, 6) is -3.09. The fourth-order valence-electron chi connectivity index (χ4n) is 2.22. The van der Waals surface area contributed by atoms with Crippen LogP contribution in [0.5, 0.6) is 0 Å². The number of carbonyl (C=O) groups is 1. The molecular weight excluding hydrogens is 257 g/mol. The molecule has 1 saturated heterocycles. The van der Waals surface area contributed by atoms with Crippen molar-refractivity contribution in [3.05, 3.63) is 29.6 Å². The molecule has 1 N–H and O–H groups in total. The molecule has 0 radical (unpaired) electrons. The number of rotatable bonds is 2. The summed E-state index contributed by atoms with van der Waals surface area (Å²) in [6.07, 6.45) is 1.24. The van der Waals surface area contributed by atoms with Gasteiger partial charge in [-0.3, -0.25) is 4.79 Å². The van der Waals surface area contributed by atoms with Gasteiger partial charge in [0.05, 0.1) is 5.69 Å². The molecule has 1 heterocycles. The standard InChI is InChI=1S/C13H15F3N2O/c1-8(19)18-4-2-10(3-5-18)17-12-7-9(14)6-11(15)13(12)16/h6-7,10,17H,2-5H2,1H3. The molecule has 1 aromatic carbocycles. The Hall–Kier alpha value is -1.72. The van der Waals surface area contributed by atoms with Gasteiger partial charge in [-0.1, -0.05) is 0 Å². The van der Waals surface area contributed by atoms with Crippen molar-refractivity contribution in [3.63, 3.8) is 0 Å². The fraction of sp³-hybridized carbons (Fsp3) is 0.462. The smallest absolute Gasteiger partial charge is 0.219 e. The fourth-order valence-corrected chi connectivity index (χ4v) is 2.22. The highest BCUT2D eigenvalue weighted by Gasteiger charge is 2.22. The molecule has 0 saturated carbocycles. The van der Waals surface area contributed by atoms with E-state index in [1.807, 2.05) is 0 Å². The Morgan fingerprint density at radius 3 is 2.47 bits per heavy atom. The summed E-state index contributed by atoms with van der Waals surface area (Å²) in [4.78, 5) is 12.8. The van der Waals surface area contributed by atoms with E-state index in [0.29, 0.717) is 32.0 Å². The molecule has 3 nitrogen and oxygen atoms in total. The molecule has 0 bridgehead atoms. The topological polar surface area (TPSA) is 32.3 Å². The largest absolute Gasteiger partial charge is 0.380 e. The highest BCUT2D eigenvalue weighted by Crippen LogP contribution is 2.22. The average molecular weight is 272 g/mol. The van der Waals surface area contributed by atoms with Crippen LogP contribution in [-0.4, -0.2) is 29.9 Å². The Bertz CT molecular complexity index is 485. The molecule has 1 aliphatic heterocycles. The molecule has 19 heavy (non-hydrogen) atoms. The number of anilines is 1. The lowest BCUT2D eigenvalue weighted by molar-refractivity contribution is -0.129. The van der Waals surface area contributed by atoms with Gasteiger partial charge in [0.15, 0.2) is 11.6 Å². The monoisotopic (exact) mass is 272 g/mol. The van der Waals surface area contributed by atoms with Crippen molar-refractivity contribution in [2.24, 2.45) is 0 Å². The maximum Gasteiger partial charge on any atom is 0.219 e. The molecule has 1 amide bonds. The number of hydrogen-bond donors (Lipinski definition) is 1. The van der Waals surface area contributed by atoms with Gasteiger partial charge >= 0.3 is 0 Å². The van der Waals surface area contributed by atoms with Gasteiger partial charge in [-0.2, -0.15) is 0 Å². The summed E-state index contributed by atoms with van der Waals surface area (Å²) in [5.41, 5.74) is -0.168. The van der Waals surface area contributed by atoms with Gasteiger partial charge in [-0.25, -0.2) is 13.2 Å². The Morgan fingerprint density at radius 2 is 1.89 bits per heavy atom. The molecule has 1 aliphatic rings. The van der Waals surface area contributed by atoms with Crippen LogP contribution in [0.25, 0.3) is 0 Å². The number of carbonyl (C=O) groups excluding carboxylic acids is 1. The quantitative estimate of drug-likeness (QED) is 0.839. The van der Waals surface area contributed by atoms with Crippen LogP contribution >= 0.6 is 0 Å². The first-order valence-corrected chi connectivity index (χ1v) is 6.14.